The van der Waals surface area contributed by atoms with E-state index in [1.54, 1.807) is 6.92 Å². The maximum absolute atomic E-state index is 10.8. The number of hydrogen-bond acceptors (Lipinski definition) is 3. The highest BCUT2D eigenvalue weighted by Crippen LogP contribution is 2.00. The van der Waals surface area contributed by atoms with Gasteiger partial charge in [0.25, 0.3) is 0 Å². The lowest BCUT2D eigenvalue weighted by molar-refractivity contribution is -0.138. The Morgan fingerprint density at radius 1 is 1.73 bits per heavy atom. The summed E-state index contributed by atoms with van der Waals surface area (Å²) in [5.41, 5.74) is 0.421. The summed E-state index contributed by atoms with van der Waals surface area (Å²) in [7, 11) is 0. The number of esters is 1. The molecule has 1 atom stereocenters. The number of thiol groups is 1. The second-order valence-electron chi connectivity index (χ2n) is 2.36. The zero-order valence-corrected chi connectivity index (χ0v) is 7.56. The minimum absolute atomic E-state index is 0.0212. The lowest BCUT2D eigenvalue weighted by Crippen LogP contribution is -2.08. The second kappa shape index (κ2) is 5.24. The molecule has 0 aromatic heterocycles. The molecule has 0 rings (SSSR count). The maximum Gasteiger partial charge on any atom is 0.333 e. The van der Waals surface area contributed by atoms with Crippen LogP contribution in [0.15, 0.2) is 12.2 Å². The largest absolute Gasteiger partial charge is 0.462 e. The monoisotopic (exact) mass is 173 g/mol. The number of rotatable bonds is 4. The van der Waals surface area contributed by atoms with E-state index in [9.17, 15) is 4.79 Å². The van der Waals surface area contributed by atoms with Gasteiger partial charge in [-0.1, -0.05) is 6.58 Å². The van der Waals surface area contributed by atoms with Crippen LogP contribution in [-0.4, -0.2) is 17.8 Å². The molecule has 2 nitrogen and oxygen atoms in total. The van der Waals surface area contributed by atoms with Gasteiger partial charge in [0.1, 0.15) is 0 Å². The van der Waals surface area contributed by atoms with Crippen molar-refractivity contribution in [1.29, 1.82) is 0 Å². The van der Waals surface area contributed by atoms with Crippen LogP contribution in [0.5, 0.6) is 0 Å². The maximum atomic E-state index is 10.8. The molecular formula is C8H13O2S. The Balaban J connectivity index is 3.40. The molecule has 3 heteroatoms. The SMILES string of the molecule is [CH2]C(S)CCOC(=O)C(=C)C. The summed E-state index contributed by atoms with van der Waals surface area (Å²) in [5, 5.41) is 0.0212. The zero-order chi connectivity index (χ0) is 8.85. The second-order valence-corrected chi connectivity index (χ2v) is 3.09. The van der Waals surface area contributed by atoms with E-state index < -0.39 is 0 Å². The van der Waals surface area contributed by atoms with Gasteiger partial charge >= 0.3 is 5.97 Å². The van der Waals surface area contributed by atoms with Crippen LogP contribution in [0, 0.1) is 6.92 Å². The van der Waals surface area contributed by atoms with Gasteiger partial charge in [-0.3, -0.25) is 0 Å². The van der Waals surface area contributed by atoms with Crippen molar-refractivity contribution >= 4 is 18.6 Å². The first-order valence-corrected chi connectivity index (χ1v) is 3.89. The average molecular weight is 173 g/mol. The van der Waals surface area contributed by atoms with Crippen LogP contribution >= 0.6 is 12.6 Å². The van der Waals surface area contributed by atoms with Crippen molar-refractivity contribution in [2.24, 2.45) is 0 Å². The fraction of sp³-hybridized carbons (Fsp3) is 0.500. The fourth-order valence-electron chi connectivity index (χ4n) is 0.411. The van der Waals surface area contributed by atoms with Gasteiger partial charge in [-0.15, -0.1) is 0 Å². The summed E-state index contributed by atoms with van der Waals surface area (Å²) in [6, 6.07) is 0. The number of ether oxygens (including phenoxy) is 1. The van der Waals surface area contributed by atoms with Gasteiger partial charge in [-0.25, -0.2) is 4.79 Å². The first-order chi connectivity index (χ1) is 5.04. The predicted molar refractivity (Wildman–Crippen MR) is 48.5 cm³/mol. The van der Waals surface area contributed by atoms with Crippen LogP contribution in [0.3, 0.4) is 0 Å². The molecule has 0 saturated carbocycles. The third-order valence-electron chi connectivity index (χ3n) is 1.03. The van der Waals surface area contributed by atoms with Crippen molar-refractivity contribution in [2.75, 3.05) is 6.61 Å². The molecule has 0 heterocycles. The first-order valence-electron chi connectivity index (χ1n) is 3.38. The van der Waals surface area contributed by atoms with Crippen molar-refractivity contribution in [1.82, 2.24) is 0 Å². The van der Waals surface area contributed by atoms with Crippen molar-refractivity contribution in [3.63, 3.8) is 0 Å². The van der Waals surface area contributed by atoms with Crippen LogP contribution < -0.4 is 0 Å². The van der Waals surface area contributed by atoms with E-state index in [1.807, 2.05) is 0 Å². The zero-order valence-electron chi connectivity index (χ0n) is 6.67. The van der Waals surface area contributed by atoms with Crippen molar-refractivity contribution in [3.05, 3.63) is 19.1 Å². The molecule has 0 aliphatic heterocycles. The molecule has 0 aromatic carbocycles. The van der Waals surface area contributed by atoms with E-state index in [0.29, 0.717) is 18.6 Å². The van der Waals surface area contributed by atoms with Gasteiger partial charge in [0, 0.05) is 10.8 Å². The minimum atomic E-state index is -0.348. The molecule has 0 aliphatic rings. The molecule has 1 radical (unpaired) electrons. The van der Waals surface area contributed by atoms with E-state index in [4.69, 9.17) is 4.74 Å². The van der Waals surface area contributed by atoms with E-state index in [-0.39, 0.29) is 11.2 Å². The summed E-state index contributed by atoms with van der Waals surface area (Å²) < 4.78 is 4.79. The van der Waals surface area contributed by atoms with Gasteiger partial charge in [0.2, 0.25) is 0 Å². The molecule has 0 aromatic rings. The highest BCUT2D eigenvalue weighted by atomic mass is 32.1. The Hall–Kier alpha value is -0.440. The molecule has 0 saturated heterocycles. The van der Waals surface area contributed by atoms with Crippen molar-refractivity contribution < 1.29 is 9.53 Å². The molecule has 0 bridgehead atoms. The van der Waals surface area contributed by atoms with Gasteiger partial charge in [-0.2, -0.15) is 12.6 Å². The summed E-state index contributed by atoms with van der Waals surface area (Å²) in [4.78, 5) is 10.8. The van der Waals surface area contributed by atoms with E-state index in [1.165, 1.54) is 0 Å². The summed E-state index contributed by atoms with van der Waals surface area (Å²) >= 11 is 4.03. The Morgan fingerprint density at radius 2 is 2.27 bits per heavy atom. The Morgan fingerprint density at radius 3 is 2.64 bits per heavy atom. The minimum Gasteiger partial charge on any atom is -0.462 e. The predicted octanol–water partition coefficient (Wildman–Crippen LogP) is 1.63. The molecule has 0 N–H and O–H groups in total. The highest BCUT2D eigenvalue weighted by molar-refractivity contribution is 7.81. The lowest BCUT2D eigenvalue weighted by Gasteiger charge is -2.04. The smallest absolute Gasteiger partial charge is 0.333 e. The molecule has 1 unspecified atom stereocenters. The lowest BCUT2D eigenvalue weighted by atomic mass is 10.3. The van der Waals surface area contributed by atoms with Gasteiger partial charge in [-0.05, 0) is 20.3 Å². The number of carbonyl (C=O) groups is 1. The standard InChI is InChI=1S/C8H13O2S/c1-6(2)8(9)10-5-4-7(3)11/h7,11H,1,3-5H2,2H3. The summed E-state index contributed by atoms with van der Waals surface area (Å²) in [6.45, 7) is 9.05. The molecule has 0 aliphatic carbocycles. The van der Waals surface area contributed by atoms with Crippen LogP contribution in [0.4, 0.5) is 0 Å². The van der Waals surface area contributed by atoms with Crippen LogP contribution in [0.2, 0.25) is 0 Å². The van der Waals surface area contributed by atoms with E-state index in [0.717, 1.165) is 0 Å². The topological polar surface area (TPSA) is 26.3 Å². The molecular weight excluding hydrogens is 160 g/mol. The Bertz CT molecular complexity index is 152. The third kappa shape index (κ3) is 5.98. The van der Waals surface area contributed by atoms with Crippen molar-refractivity contribution in [2.45, 2.75) is 18.6 Å². The number of carbonyl (C=O) groups excluding carboxylic acids is 1. The fourth-order valence-corrected chi connectivity index (χ4v) is 0.516. The highest BCUT2D eigenvalue weighted by Gasteiger charge is 2.02. The molecule has 0 amide bonds. The van der Waals surface area contributed by atoms with Crippen LogP contribution in [0.1, 0.15) is 13.3 Å². The average Bonchev–Trinajstić information content (AvgIpc) is 1.86. The molecule has 63 valence electrons. The van der Waals surface area contributed by atoms with Crippen molar-refractivity contribution in [3.8, 4) is 0 Å². The first kappa shape index (κ1) is 10.6. The Kier molecular flexibility index (Phi) is 5.03. The van der Waals surface area contributed by atoms with Gasteiger partial charge in [0.15, 0.2) is 0 Å². The summed E-state index contributed by atoms with van der Waals surface area (Å²) in [5.74, 6) is -0.348. The van der Waals surface area contributed by atoms with E-state index >= 15 is 0 Å². The van der Waals surface area contributed by atoms with Crippen LogP contribution in [0.25, 0.3) is 0 Å². The Labute approximate surface area is 73.0 Å². The van der Waals surface area contributed by atoms with E-state index in [2.05, 4.69) is 26.1 Å². The quantitative estimate of drug-likeness (QED) is 0.397. The van der Waals surface area contributed by atoms with Gasteiger partial charge in [0.05, 0.1) is 6.61 Å². The summed E-state index contributed by atoms with van der Waals surface area (Å²) in [6.07, 6.45) is 0.669. The molecule has 11 heavy (non-hydrogen) atoms. The van der Waals surface area contributed by atoms with Gasteiger partial charge < -0.3 is 4.74 Å². The third-order valence-corrected chi connectivity index (χ3v) is 1.29. The number of hydrogen-bond donors (Lipinski definition) is 1. The van der Waals surface area contributed by atoms with Crippen LogP contribution in [-0.2, 0) is 9.53 Å². The molecule has 0 fully saturated rings. The normalized spacial score (nSPS) is 12.3. The molecule has 0 spiro atoms.